The van der Waals surface area contributed by atoms with Gasteiger partial charge < -0.3 is 0 Å². The summed E-state index contributed by atoms with van der Waals surface area (Å²) in [5, 5.41) is 2.86. The number of hydrogen-bond donors (Lipinski definition) is 0. The molecule has 0 amide bonds. The van der Waals surface area contributed by atoms with E-state index in [-0.39, 0.29) is 5.97 Å². The zero-order valence-corrected chi connectivity index (χ0v) is 20.2. The van der Waals surface area contributed by atoms with Gasteiger partial charge in [-0.2, -0.15) is 0 Å². The summed E-state index contributed by atoms with van der Waals surface area (Å²) in [6.07, 6.45) is 0. The van der Waals surface area contributed by atoms with Crippen LogP contribution in [0.5, 0.6) is 5.75 Å². The van der Waals surface area contributed by atoms with Crippen LogP contribution in [0.25, 0.3) is 4.91 Å². The number of carbonyl (C=O) groups is 1. The van der Waals surface area contributed by atoms with E-state index in [0.717, 1.165) is 0 Å². The quantitative estimate of drug-likeness (QED) is 0.271. The van der Waals surface area contributed by atoms with Gasteiger partial charge in [-0.1, -0.05) is 0 Å². The Morgan fingerprint density at radius 2 is 1.56 bits per heavy atom. The van der Waals surface area contributed by atoms with E-state index < -0.39 is 0 Å². The summed E-state index contributed by atoms with van der Waals surface area (Å²) < 4.78 is 11.5. The number of rotatable bonds is 2. The standard InChI is InChI=1S/C17H14O2S4Se2/c1-9-13(11-3-5-12(6-4-11)19-10(2)18)21-14(20-9)15-22-16-17(23-15)25-8-7-24-16/h3-6H,7-8H2,1-2H3. The first-order chi connectivity index (χ1) is 12.1. The molecule has 0 spiro atoms. The van der Waals surface area contributed by atoms with Crippen LogP contribution in [0.3, 0.4) is 0 Å². The van der Waals surface area contributed by atoms with Crippen molar-refractivity contribution >= 4 is 87.8 Å². The second-order valence-corrected chi connectivity index (χ2v) is 15.9. The summed E-state index contributed by atoms with van der Waals surface area (Å²) in [6.45, 7) is 3.63. The molecule has 2 nitrogen and oxygen atoms in total. The van der Waals surface area contributed by atoms with Crippen molar-refractivity contribution < 1.29 is 9.53 Å². The van der Waals surface area contributed by atoms with Crippen LogP contribution in [-0.2, 0) is 4.79 Å². The summed E-state index contributed by atoms with van der Waals surface area (Å²) in [4.78, 5) is 13.7. The Morgan fingerprint density at radius 3 is 2.16 bits per heavy atom. The van der Waals surface area contributed by atoms with Crippen LogP contribution in [0.4, 0.5) is 0 Å². The van der Waals surface area contributed by atoms with Gasteiger partial charge in [0, 0.05) is 6.92 Å². The van der Waals surface area contributed by atoms with E-state index in [1.165, 1.54) is 41.4 Å². The average Bonchev–Trinajstić information content (AvgIpc) is 3.18. The molecule has 3 aliphatic rings. The Bertz CT molecular complexity index is 808. The number of carbonyl (C=O) groups excluding carboxylic acids is 1. The van der Waals surface area contributed by atoms with E-state index in [0.29, 0.717) is 35.7 Å². The molecule has 3 aliphatic heterocycles. The van der Waals surface area contributed by atoms with Gasteiger partial charge in [-0.25, -0.2) is 0 Å². The maximum atomic E-state index is 11.1. The van der Waals surface area contributed by atoms with Gasteiger partial charge in [0.25, 0.3) is 0 Å². The minimum atomic E-state index is -0.282. The van der Waals surface area contributed by atoms with Gasteiger partial charge in [-0.3, -0.25) is 4.79 Å². The van der Waals surface area contributed by atoms with Gasteiger partial charge >= 0.3 is 167 Å². The topological polar surface area (TPSA) is 26.3 Å². The number of thioether (sulfide) groups is 4. The Hall–Kier alpha value is 0.349. The molecule has 0 bridgehead atoms. The Labute approximate surface area is 177 Å². The van der Waals surface area contributed by atoms with Crippen molar-refractivity contribution in [3.05, 3.63) is 50.8 Å². The molecule has 8 heteroatoms. The number of hydrogen-bond acceptors (Lipinski definition) is 6. The molecular formula is C17H14O2S4Se2. The van der Waals surface area contributed by atoms with Gasteiger partial charge in [0.1, 0.15) is 0 Å². The van der Waals surface area contributed by atoms with Crippen molar-refractivity contribution in [2.45, 2.75) is 24.5 Å². The summed E-state index contributed by atoms with van der Waals surface area (Å²) in [5.74, 6) is 0.322. The van der Waals surface area contributed by atoms with Gasteiger partial charge in [0.15, 0.2) is 0 Å². The normalized spacial score (nSPS) is 20.4. The molecule has 0 aromatic heterocycles. The van der Waals surface area contributed by atoms with Crippen LogP contribution in [-0.4, -0.2) is 35.9 Å². The summed E-state index contributed by atoms with van der Waals surface area (Å²) in [5.41, 5.74) is 1.20. The van der Waals surface area contributed by atoms with Crippen LogP contribution in [0.15, 0.2) is 45.3 Å². The molecule has 0 radical (unpaired) electrons. The third-order valence-corrected chi connectivity index (χ3v) is 17.3. The summed E-state index contributed by atoms with van der Waals surface area (Å²) in [7, 11) is 0. The Morgan fingerprint density at radius 1 is 0.960 bits per heavy atom. The number of ether oxygens (including phenoxy) is 1. The first-order valence-electron chi connectivity index (χ1n) is 7.55. The van der Waals surface area contributed by atoms with Crippen LogP contribution in [0, 0.1) is 0 Å². The molecule has 0 fully saturated rings. The molecule has 0 saturated carbocycles. The molecule has 25 heavy (non-hydrogen) atoms. The average molecular weight is 536 g/mol. The second-order valence-electron chi connectivity index (χ2n) is 5.26. The molecule has 0 unspecified atom stereocenters. The number of esters is 1. The fraction of sp³-hybridized carbons (Fsp3) is 0.235. The van der Waals surface area contributed by atoms with Crippen LogP contribution < -0.4 is 4.74 Å². The van der Waals surface area contributed by atoms with E-state index in [9.17, 15) is 4.79 Å². The van der Waals surface area contributed by atoms with Crippen molar-refractivity contribution in [3.8, 4) is 5.75 Å². The van der Waals surface area contributed by atoms with Crippen molar-refractivity contribution in [1.29, 1.82) is 0 Å². The monoisotopic (exact) mass is 538 g/mol. The molecule has 130 valence electrons. The minimum absolute atomic E-state index is 0.282. The van der Waals surface area contributed by atoms with Gasteiger partial charge in [0.2, 0.25) is 0 Å². The second kappa shape index (κ2) is 8.15. The van der Waals surface area contributed by atoms with Crippen LogP contribution in [0.2, 0.25) is 10.6 Å². The van der Waals surface area contributed by atoms with E-state index >= 15 is 0 Å². The molecule has 0 aliphatic carbocycles. The Kier molecular flexibility index (Phi) is 6.10. The third-order valence-electron chi connectivity index (χ3n) is 3.39. The zero-order chi connectivity index (χ0) is 17.4. The van der Waals surface area contributed by atoms with Crippen molar-refractivity contribution in [3.63, 3.8) is 0 Å². The number of benzene rings is 1. The Balaban J connectivity index is 1.50. The molecular weight excluding hydrogens is 522 g/mol. The molecule has 1 aromatic carbocycles. The van der Waals surface area contributed by atoms with Crippen LogP contribution >= 0.6 is 47.0 Å². The first kappa shape index (κ1) is 18.7. The fourth-order valence-electron chi connectivity index (χ4n) is 2.36. The van der Waals surface area contributed by atoms with E-state index in [1.54, 1.807) is 7.61 Å². The predicted molar refractivity (Wildman–Crippen MR) is 116 cm³/mol. The van der Waals surface area contributed by atoms with Gasteiger partial charge in [0.05, 0.1) is 0 Å². The first-order valence-corrected chi connectivity index (χ1v) is 15.0. The third kappa shape index (κ3) is 4.27. The van der Waals surface area contributed by atoms with Crippen molar-refractivity contribution in [2.75, 3.05) is 0 Å². The fourth-order valence-corrected chi connectivity index (χ4v) is 16.6. The van der Waals surface area contributed by atoms with Gasteiger partial charge in [-0.15, -0.1) is 0 Å². The van der Waals surface area contributed by atoms with Crippen LogP contribution in [0.1, 0.15) is 19.4 Å². The molecule has 4 rings (SSSR count). The number of allylic oxidation sites excluding steroid dienone is 1. The maximum absolute atomic E-state index is 11.1. The van der Waals surface area contributed by atoms with Crippen molar-refractivity contribution in [1.82, 2.24) is 0 Å². The molecule has 0 atom stereocenters. The summed E-state index contributed by atoms with van der Waals surface area (Å²) in [6, 6.07) is 7.83. The molecule has 3 heterocycles. The molecule has 1 aromatic rings. The van der Waals surface area contributed by atoms with Gasteiger partial charge in [-0.05, 0) is 0 Å². The molecule has 0 N–H and O–H groups in total. The van der Waals surface area contributed by atoms with E-state index in [2.05, 4.69) is 6.92 Å². The summed E-state index contributed by atoms with van der Waals surface area (Å²) >= 11 is 9.30. The van der Waals surface area contributed by atoms with E-state index in [1.807, 2.05) is 71.3 Å². The SMILES string of the molecule is CC(=O)Oc1ccc(C2=C(C)SC(=C3SC4=C(S3)[Se]CC[Se]4)S2)cc1. The molecule has 0 saturated heterocycles. The zero-order valence-electron chi connectivity index (χ0n) is 13.5. The van der Waals surface area contributed by atoms with Crippen molar-refractivity contribution in [2.24, 2.45) is 0 Å². The predicted octanol–water partition coefficient (Wildman–Crippen LogP) is 5.77. The van der Waals surface area contributed by atoms with E-state index in [4.69, 9.17) is 4.74 Å².